The standard InChI is InChI=1S/C16H22Cl2N2O2/c1-19(2)12-4-3-8-20(11-12)16(21)7-9-22-13-5-6-14(17)15(18)10-13/h5-6,10,12H,3-4,7-9,11H2,1-2H3. The first kappa shape index (κ1) is 17.4. The van der Waals surface area contributed by atoms with Crippen molar-refractivity contribution in [1.82, 2.24) is 9.80 Å². The number of rotatable bonds is 5. The van der Waals surface area contributed by atoms with Gasteiger partial charge in [0.05, 0.1) is 23.1 Å². The predicted octanol–water partition coefficient (Wildman–Crippen LogP) is 3.31. The molecule has 22 heavy (non-hydrogen) atoms. The number of hydrogen-bond acceptors (Lipinski definition) is 3. The fourth-order valence-electron chi connectivity index (χ4n) is 2.58. The molecule has 0 saturated carbocycles. The fraction of sp³-hybridized carbons (Fsp3) is 0.562. The second-order valence-electron chi connectivity index (χ2n) is 5.77. The van der Waals surface area contributed by atoms with Gasteiger partial charge >= 0.3 is 0 Å². The summed E-state index contributed by atoms with van der Waals surface area (Å²) in [7, 11) is 4.12. The predicted molar refractivity (Wildman–Crippen MR) is 89.9 cm³/mol. The zero-order chi connectivity index (χ0) is 16.1. The number of benzene rings is 1. The highest BCUT2D eigenvalue weighted by molar-refractivity contribution is 6.42. The Labute approximate surface area is 141 Å². The van der Waals surface area contributed by atoms with Crippen molar-refractivity contribution in [2.45, 2.75) is 25.3 Å². The molecule has 1 unspecified atom stereocenters. The lowest BCUT2D eigenvalue weighted by Gasteiger charge is -2.36. The van der Waals surface area contributed by atoms with E-state index in [9.17, 15) is 4.79 Å². The molecule has 2 rings (SSSR count). The van der Waals surface area contributed by atoms with Crippen LogP contribution < -0.4 is 4.74 Å². The molecule has 6 heteroatoms. The second kappa shape index (κ2) is 8.04. The molecule has 0 N–H and O–H groups in total. The van der Waals surface area contributed by atoms with Crippen molar-refractivity contribution in [3.63, 3.8) is 0 Å². The number of piperidine rings is 1. The number of hydrogen-bond donors (Lipinski definition) is 0. The summed E-state index contributed by atoms with van der Waals surface area (Å²) >= 11 is 11.8. The number of nitrogens with zero attached hydrogens (tertiary/aromatic N) is 2. The van der Waals surface area contributed by atoms with Crippen LogP contribution in [0.1, 0.15) is 19.3 Å². The molecular formula is C16H22Cl2N2O2. The van der Waals surface area contributed by atoms with Gasteiger partial charge in [-0.3, -0.25) is 4.79 Å². The highest BCUT2D eigenvalue weighted by Crippen LogP contribution is 2.26. The Morgan fingerprint density at radius 1 is 1.36 bits per heavy atom. The van der Waals surface area contributed by atoms with Gasteiger partial charge in [0.2, 0.25) is 5.91 Å². The van der Waals surface area contributed by atoms with E-state index >= 15 is 0 Å². The minimum Gasteiger partial charge on any atom is -0.493 e. The smallest absolute Gasteiger partial charge is 0.226 e. The van der Waals surface area contributed by atoms with Crippen LogP contribution in [0.5, 0.6) is 5.75 Å². The van der Waals surface area contributed by atoms with Gasteiger partial charge in [0.15, 0.2) is 0 Å². The van der Waals surface area contributed by atoms with E-state index in [1.54, 1.807) is 18.2 Å². The van der Waals surface area contributed by atoms with Crippen molar-refractivity contribution in [3.05, 3.63) is 28.2 Å². The summed E-state index contributed by atoms with van der Waals surface area (Å²) in [4.78, 5) is 16.4. The molecule has 0 spiro atoms. The summed E-state index contributed by atoms with van der Waals surface area (Å²) in [6.07, 6.45) is 2.58. The highest BCUT2D eigenvalue weighted by atomic mass is 35.5. The van der Waals surface area contributed by atoms with Crippen LogP contribution in [0.25, 0.3) is 0 Å². The van der Waals surface area contributed by atoms with Crippen LogP contribution in [0.3, 0.4) is 0 Å². The molecule has 1 aromatic rings. The van der Waals surface area contributed by atoms with Crippen LogP contribution >= 0.6 is 23.2 Å². The first-order chi connectivity index (χ1) is 10.5. The molecule has 1 aliphatic rings. The Morgan fingerprint density at radius 3 is 2.82 bits per heavy atom. The number of carbonyl (C=O) groups excluding carboxylic acids is 1. The van der Waals surface area contributed by atoms with Crippen molar-refractivity contribution in [2.24, 2.45) is 0 Å². The maximum atomic E-state index is 12.3. The van der Waals surface area contributed by atoms with Gasteiger partial charge in [-0.05, 0) is 39.1 Å². The number of carbonyl (C=O) groups is 1. The third-order valence-electron chi connectivity index (χ3n) is 3.96. The van der Waals surface area contributed by atoms with Gasteiger partial charge in [0.25, 0.3) is 0 Å². The Bertz CT molecular complexity index is 523. The molecule has 1 fully saturated rings. The van der Waals surface area contributed by atoms with Crippen LogP contribution in [0.4, 0.5) is 0 Å². The molecule has 1 amide bonds. The maximum Gasteiger partial charge on any atom is 0.226 e. The van der Waals surface area contributed by atoms with Gasteiger partial charge in [-0.2, -0.15) is 0 Å². The quantitative estimate of drug-likeness (QED) is 0.821. The average molecular weight is 345 g/mol. The SMILES string of the molecule is CN(C)C1CCCN(C(=O)CCOc2ccc(Cl)c(Cl)c2)C1. The summed E-state index contributed by atoms with van der Waals surface area (Å²) in [6.45, 7) is 1.99. The first-order valence-corrected chi connectivity index (χ1v) is 8.25. The monoisotopic (exact) mass is 344 g/mol. The molecule has 4 nitrogen and oxygen atoms in total. The van der Waals surface area contributed by atoms with E-state index in [0.717, 1.165) is 25.9 Å². The van der Waals surface area contributed by atoms with E-state index in [-0.39, 0.29) is 5.91 Å². The third kappa shape index (κ3) is 4.77. The number of ether oxygens (including phenoxy) is 1. The molecule has 1 heterocycles. The van der Waals surface area contributed by atoms with E-state index in [1.807, 2.05) is 4.90 Å². The Balaban J connectivity index is 1.78. The van der Waals surface area contributed by atoms with E-state index in [1.165, 1.54) is 0 Å². The van der Waals surface area contributed by atoms with Gasteiger partial charge < -0.3 is 14.5 Å². The van der Waals surface area contributed by atoms with Crippen LogP contribution in [0.15, 0.2) is 18.2 Å². The lowest BCUT2D eigenvalue weighted by molar-refractivity contribution is -0.133. The van der Waals surface area contributed by atoms with E-state index in [2.05, 4.69) is 19.0 Å². The van der Waals surface area contributed by atoms with Gasteiger partial charge in [-0.15, -0.1) is 0 Å². The molecule has 1 aromatic carbocycles. The number of likely N-dealkylation sites (N-methyl/N-ethyl adjacent to an activating group) is 1. The molecule has 1 atom stereocenters. The van der Waals surface area contributed by atoms with Crippen molar-refractivity contribution in [3.8, 4) is 5.75 Å². The van der Waals surface area contributed by atoms with Crippen molar-refractivity contribution >= 4 is 29.1 Å². The summed E-state index contributed by atoms with van der Waals surface area (Å²) < 4.78 is 5.58. The molecule has 1 saturated heterocycles. The van der Waals surface area contributed by atoms with E-state index < -0.39 is 0 Å². The second-order valence-corrected chi connectivity index (χ2v) is 6.59. The average Bonchev–Trinajstić information content (AvgIpc) is 2.51. The van der Waals surface area contributed by atoms with E-state index in [0.29, 0.717) is 34.9 Å². The Kier molecular flexibility index (Phi) is 6.36. The summed E-state index contributed by atoms with van der Waals surface area (Å²) in [5, 5.41) is 0.948. The lowest BCUT2D eigenvalue weighted by atomic mass is 10.0. The molecular weight excluding hydrogens is 323 g/mol. The highest BCUT2D eigenvalue weighted by Gasteiger charge is 2.24. The molecule has 1 aliphatic heterocycles. The molecule has 0 bridgehead atoms. The molecule has 0 aromatic heterocycles. The Morgan fingerprint density at radius 2 is 2.14 bits per heavy atom. The largest absolute Gasteiger partial charge is 0.493 e. The van der Waals surface area contributed by atoms with Crippen LogP contribution in [0, 0.1) is 0 Å². The first-order valence-electron chi connectivity index (χ1n) is 7.49. The summed E-state index contributed by atoms with van der Waals surface area (Å²) in [5.74, 6) is 0.777. The van der Waals surface area contributed by atoms with Crippen LogP contribution in [0.2, 0.25) is 10.0 Å². The minimum atomic E-state index is 0.145. The van der Waals surface area contributed by atoms with Gasteiger partial charge in [0.1, 0.15) is 5.75 Å². The zero-order valence-electron chi connectivity index (χ0n) is 13.0. The van der Waals surface area contributed by atoms with Crippen LogP contribution in [-0.2, 0) is 4.79 Å². The van der Waals surface area contributed by atoms with Crippen LogP contribution in [-0.4, -0.2) is 55.5 Å². The van der Waals surface area contributed by atoms with Gasteiger partial charge in [-0.25, -0.2) is 0 Å². The van der Waals surface area contributed by atoms with Crippen molar-refractivity contribution < 1.29 is 9.53 Å². The zero-order valence-corrected chi connectivity index (χ0v) is 14.5. The number of likely N-dealkylation sites (tertiary alicyclic amines) is 1. The topological polar surface area (TPSA) is 32.8 Å². The van der Waals surface area contributed by atoms with Gasteiger partial charge in [-0.1, -0.05) is 23.2 Å². The maximum absolute atomic E-state index is 12.3. The number of halogens is 2. The minimum absolute atomic E-state index is 0.145. The Hall–Kier alpha value is -0.970. The molecule has 0 aliphatic carbocycles. The van der Waals surface area contributed by atoms with Crippen molar-refractivity contribution in [2.75, 3.05) is 33.8 Å². The number of amides is 1. The summed E-state index contributed by atoms with van der Waals surface area (Å²) in [6, 6.07) is 5.56. The molecule has 0 radical (unpaired) electrons. The van der Waals surface area contributed by atoms with Crippen molar-refractivity contribution in [1.29, 1.82) is 0 Å². The van der Waals surface area contributed by atoms with E-state index in [4.69, 9.17) is 27.9 Å². The molecule has 122 valence electrons. The van der Waals surface area contributed by atoms with Gasteiger partial charge in [0, 0.05) is 25.2 Å². The fourth-order valence-corrected chi connectivity index (χ4v) is 2.87. The summed E-state index contributed by atoms with van der Waals surface area (Å²) in [5.41, 5.74) is 0. The third-order valence-corrected chi connectivity index (χ3v) is 4.69. The lowest BCUT2D eigenvalue weighted by Crippen LogP contribution is -2.47. The normalized spacial score (nSPS) is 18.6.